The summed E-state index contributed by atoms with van der Waals surface area (Å²) >= 11 is 0. The molecule has 0 spiro atoms. The van der Waals surface area contributed by atoms with E-state index in [1.807, 2.05) is 44.1 Å². The van der Waals surface area contributed by atoms with Gasteiger partial charge in [0.1, 0.15) is 0 Å². The highest BCUT2D eigenvalue weighted by atomic mass is 16.4. The Morgan fingerprint density at radius 3 is 2.63 bits per heavy atom. The van der Waals surface area contributed by atoms with Gasteiger partial charge < -0.3 is 10.4 Å². The number of fused-ring (bicyclic) bond motifs is 3. The first-order chi connectivity index (χ1) is 14.4. The van der Waals surface area contributed by atoms with Crippen molar-refractivity contribution in [2.45, 2.75) is 6.92 Å². The number of aryl methyl sites for hydroxylation is 3. The van der Waals surface area contributed by atoms with Crippen LogP contribution in [0.5, 0.6) is 0 Å². The van der Waals surface area contributed by atoms with Crippen LogP contribution in [0.25, 0.3) is 27.5 Å². The van der Waals surface area contributed by atoms with Crippen molar-refractivity contribution in [3.63, 3.8) is 0 Å². The van der Waals surface area contributed by atoms with Crippen molar-refractivity contribution in [1.82, 2.24) is 34.2 Å². The van der Waals surface area contributed by atoms with Gasteiger partial charge in [0.25, 0.3) is 0 Å². The van der Waals surface area contributed by atoms with Crippen LogP contribution in [0.2, 0.25) is 0 Å². The van der Waals surface area contributed by atoms with Gasteiger partial charge in [0.15, 0.2) is 5.82 Å². The van der Waals surface area contributed by atoms with Crippen LogP contribution in [-0.4, -0.2) is 45.2 Å². The van der Waals surface area contributed by atoms with Gasteiger partial charge in [-0.05, 0) is 19.1 Å². The summed E-state index contributed by atoms with van der Waals surface area (Å²) in [6.45, 7) is 1.81. The quantitative estimate of drug-likeness (QED) is 0.475. The zero-order chi connectivity index (χ0) is 21.0. The van der Waals surface area contributed by atoms with Crippen LogP contribution in [-0.2, 0) is 14.1 Å². The minimum Gasteiger partial charge on any atom is -0.478 e. The Labute approximate surface area is 170 Å². The molecule has 0 saturated carbocycles. The van der Waals surface area contributed by atoms with Crippen molar-refractivity contribution in [3.8, 4) is 11.1 Å². The molecule has 5 heterocycles. The Balaban J connectivity index is 1.63. The van der Waals surface area contributed by atoms with E-state index in [0.717, 1.165) is 27.5 Å². The summed E-state index contributed by atoms with van der Waals surface area (Å²) < 4.78 is 5.36. The number of aromatic nitrogens is 7. The third-order valence-electron chi connectivity index (χ3n) is 5.06. The van der Waals surface area contributed by atoms with E-state index in [1.165, 1.54) is 6.20 Å². The molecule has 0 bridgehead atoms. The van der Waals surface area contributed by atoms with Gasteiger partial charge in [-0.2, -0.15) is 15.3 Å². The van der Waals surface area contributed by atoms with E-state index in [4.69, 9.17) is 0 Å². The van der Waals surface area contributed by atoms with E-state index in [0.29, 0.717) is 17.2 Å². The van der Waals surface area contributed by atoms with Gasteiger partial charge in [-0.1, -0.05) is 0 Å². The number of carboxylic acids is 1. The van der Waals surface area contributed by atoms with Crippen molar-refractivity contribution in [1.29, 1.82) is 0 Å². The Morgan fingerprint density at radius 1 is 1.07 bits per heavy atom. The second-order valence-corrected chi connectivity index (χ2v) is 7.13. The lowest BCUT2D eigenvalue weighted by atomic mass is 10.2. The van der Waals surface area contributed by atoms with Gasteiger partial charge in [-0.25, -0.2) is 9.31 Å². The zero-order valence-electron chi connectivity index (χ0n) is 16.5. The third-order valence-corrected chi connectivity index (χ3v) is 5.06. The van der Waals surface area contributed by atoms with Crippen molar-refractivity contribution in [2.75, 3.05) is 5.32 Å². The van der Waals surface area contributed by atoms with Crippen LogP contribution in [0, 0.1) is 6.92 Å². The van der Waals surface area contributed by atoms with Crippen molar-refractivity contribution in [3.05, 3.63) is 54.4 Å². The van der Waals surface area contributed by atoms with Gasteiger partial charge in [-0.3, -0.25) is 14.3 Å². The molecular formula is C20H18N8O2. The molecule has 10 nitrogen and oxygen atoms in total. The van der Waals surface area contributed by atoms with Crippen molar-refractivity contribution < 1.29 is 9.90 Å². The predicted octanol–water partition coefficient (Wildman–Crippen LogP) is 2.77. The summed E-state index contributed by atoms with van der Waals surface area (Å²) in [6.07, 6.45) is 8.80. The highest BCUT2D eigenvalue weighted by molar-refractivity contribution is 6.01. The molecule has 0 aliphatic heterocycles. The maximum absolute atomic E-state index is 11.3. The average Bonchev–Trinajstić information content (AvgIpc) is 3.40. The Morgan fingerprint density at radius 2 is 1.90 bits per heavy atom. The lowest BCUT2D eigenvalue weighted by Crippen LogP contribution is -2.02. The SMILES string of the molecule is Cc1ncc(C(=O)O)cc1Nc1nn(C)c2c1cnn1cc(-c3cnn(C)c3)cc21. The number of nitrogens with zero attached hydrogens (tertiary/aromatic N) is 7. The number of nitrogens with one attached hydrogen (secondary N) is 1. The fourth-order valence-corrected chi connectivity index (χ4v) is 3.54. The number of anilines is 2. The van der Waals surface area contributed by atoms with Crippen LogP contribution in [0.1, 0.15) is 16.1 Å². The number of pyridine rings is 1. The lowest BCUT2D eigenvalue weighted by Gasteiger charge is -2.07. The molecule has 30 heavy (non-hydrogen) atoms. The molecule has 0 aliphatic rings. The molecule has 2 N–H and O–H groups in total. The summed E-state index contributed by atoms with van der Waals surface area (Å²) in [5.41, 5.74) is 5.19. The molecule has 10 heteroatoms. The molecule has 5 aromatic rings. The highest BCUT2D eigenvalue weighted by Crippen LogP contribution is 2.31. The molecule has 0 saturated heterocycles. The molecule has 0 radical (unpaired) electrons. The van der Waals surface area contributed by atoms with Crippen LogP contribution < -0.4 is 5.32 Å². The first-order valence-electron chi connectivity index (χ1n) is 9.21. The van der Waals surface area contributed by atoms with Crippen LogP contribution in [0.3, 0.4) is 0 Å². The third kappa shape index (κ3) is 2.77. The van der Waals surface area contributed by atoms with Crippen molar-refractivity contribution in [2.24, 2.45) is 14.1 Å². The smallest absolute Gasteiger partial charge is 0.337 e. The summed E-state index contributed by atoms with van der Waals surface area (Å²) in [5, 5.41) is 26.7. The molecule has 0 amide bonds. The zero-order valence-corrected chi connectivity index (χ0v) is 16.5. The number of hydrogen-bond acceptors (Lipinski definition) is 6. The van der Waals surface area contributed by atoms with Gasteiger partial charge in [0.05, 0.1) is 45.8 Å². The Kier molecular flexibility index (Phi) is 3.82. The van der Waals surface area contributed by atoms with E-state index in [-0.39, 0.29) is 5.56 Å². The summed E-state index contributed by atoms with van der Waals surface area (Å²) in [6, 6.07) is 3.60. The first kappa shape index (κ1) is 17.9. The minimum absolute atomic E-state index is 0.108. The van der Waals surface area contributed by atoms with E-state index in [1.54, 1.807) is 21.6 Å². The molecule has 0 aliphatic carbocycles. The lowest BCUT2D eigenvalue weighted by molar-refractivity contribution is 0.0696. The molecule has 0 fully saturated rings. The maximum atomic E-state index is 11.3. The Bertz CT molecular complexity index is 1440. The number of rotatable bonds is 4. The second-order valence-electron chi connectivity index (χ2n) is 7.13. The Hall–Kier alpha value is -4.21. The van der Waals surface area contributed by atoms with E-state index in [9.17, 15) is 9.90 Å². The first-order valence-corrected chi connectivity index (χ1v) is 9.21. The van der Waals surface area contributed by atoms with E-state index < -0.39 is 5.97 Å². The van der Waals surface area contributed by atoms with Crippen LogP contribution >= 0.6 is 0 Å². The highest BCUT2D eigenvalue weighted by Gasteiger charge is 2.17. The van der Waals surface area contributed by atoms with Crippen LogP contribution in [0.4, 0.5) is 11.5 Å². The molecule has 150 valence electrons. The maximum Gasteiger partial charge on any atom is 0.337 e. The molecule has 5 rings (SSSR count). The molecule has 0 atom stereocenters. The minimum atomic E-state index is -1.03. The summed E-state index contributed by atoms with van der Waals surface area (Å²) in [4.78, 5) is 15.5. The fourth-order valence-electron chi connectivity index (χ4n) is 3.54. The number of hydrogen-bond donors (Lipinski definition) is 2. The topological polar surface area (TPSA) is 115 Å². The number of carbonyl (C=O) groups is 1. The molecule has 0 unspecified atom stereocenters. The summed E-state index contributed by atoms with van der Waals surface area (Å²) in [7, 11) is 3.74. The van der Waals surface area contributed by atoms with Gasteiger partial charge in [-0.15, -0.1) is 0 Å². The average molecular weight is 402 g/mol. The van der Waals surface area contributed by atoms with E-state index in [2.05, 4.69) is 31.7 Å². The normalized spacial score (nSPS) is 11.4. The van der Waals surface area contributed by atoms with E-state index >= 15 is 0 Å². The predicted molar refractivity (Wildman–Crippen MR) is 111 cm³/mol. The fraction of sp³-hybridized carbons (Fsp3) is 0.150. The van der Waals surface area contributed by atoms with Gasteiger partial charge in [0.2, 0.25) is 0 Å². The largest absolute Gasteiger partial charge is 0.478 e. The van der Waals surface area contributed by atoms with Gasteiger partial charge >= 0.3 is 5.97 Å². The molecule has 0 aromatic carbocycles. The van der Waals surface area contributed by atoms with Crippen molar-refractivity contribution >= 4 is 33.9 Å². The molecule has 5 aromatic heterocycles. The van der Waals surface area contributed by atoms with Crippen LogP contribution in [0.15, 0.2) is 43.1 Å². The number of aromatic carboxylic acids is 1. The summed E-state index contributed by atoms with van der Waals surface area (Å²) in [5.74, 6) is -0.449. The molecular weight excluding hydrogens is 384 g/mol. The second kappa shape index (κ2) is 6.41. The standard InChI is InChI=1S/C20H18N8O2/c1-11-16(4-12(6-21-11)20(29)30)24-19-15-8-23-28-10-13(14-7-22-26(2)9-14)5-17(28)18(15)27(3)25-19/h4-10H,1-3H3,(H,24,25)(H,29,30). The number of carboxylic acid groups (broad SMARTS) is 1. The monoisotopic (exact) mass is 402 g/mol. The van der Waals surface area contributed by atoms with Gasteiger partial charge in [0, 0.05) is 43.8 Å².